The van der Waals surface area contributed by atoms with Crippen LogP contribution in [-0.2, 0) is 9.53 Å². The topological polar surface area (TPSA) is 26.3 Å². The van der Waals surface area contributed by atoms with Gasteiger partial charge in [0.2, 0.25) is 0 Å². The van der Waals surface area contributed by atoms with Gasteiger partial charge in [-0.15, -0.1) is 0 Å². The van der Waals surface area contributed by atoms with Crippen molar-refractivity contribution >= 4 is 5.97 Å². The Balaban J connectivity index is 2.74. The van der Waals surface area contributed by atoms with Gasteiger partial charge in [0, 0.05) is 6.08 Å². The number of hydrogen-bond donors (Lipinski definition) is 0. The zero-order chi connectivity index (χ0) is 13.4. The van der Waals surface area contributed by atoms with Gasteiger partial charge in [-0.2, -0.15) is 0 Å². The van der Waals surface area contributed by atoms with Crippen molar-refractivity contribution < 1.29 is 9.53 Å². The molecular formula is C16H28O2. The molecule has 0 unspecified atom stereocenters. The first kappa shape index (κ1) is 15.3. The molecule has 18 heavy (non-hydrogen) atoms. The lowest BCUT2D eigenvalue weighted by Gasteiger charge is -2.37. The molecule has 0 saturated heterocycles. The van der Waals surface area contributed by atoms with Gasteiger partial charge < -0.3 is 4.74 Å². The second-order valence-electron chi connectivity index (χ2n) is 5.82. The summed E-state index contributed by atoms with van der Waals surface area (Å²) in [7, 11) is 0. The van der Waals surface area contributed by atoms with Gasteiger partial charge in [-0.05, 0) is 31.6 Å². The molecule has 1 aliphatic rings. The average Bonchev–Trinajstić information content (AvgIpc) is 2.36. The minimum absolute atomic E-state index is 0.261. The molecular weight excluding hydrogens is 224 g/mol. The summed E-state index contributed by atoms with van der Waals surface area (Å²) in [6.07, 6.45) is 12.2. The maximum Gasteiger partial charge on any atom is 0.330 e. The van der Waals surface area contributed by atoms with Crippen molar-refractivity contribution in [2.45, 2.75) is 77.2 Å². The number of rotatable bonds is 3. The Morgan fingerprint density at radius 2 is 1.50 bits per heavy atom. The fourth-order valence-electron chi connectivity index (χ4n) is 2.90. The van der Waals surface area contributed by atoms with Crippen LogP contribution in [0.1, 0.15) is 71.6 Å². The van der Waals surface area contributed by atoms with Crippen LogP contribution in [0.3, 0.4) is 0 Å². The standard InChI is InChI=1S/C16H28O2/c1-4-15(17)18-16(14(2)3)12-10-8-6-5-7-9-11-13-16/h4,14H,1,5-13H2,2-3H3. The summed E-state index contributed by atoms with van der Waals surface area (Å²) in [4.78, 5) is 11.6. The molecule has 2 heteroatoms. The van der Waals surface area contributed by atoms with Crippen molar-refractivity contribution in [1.29, 1.82) is 0 Å². The smallest absolute Gasteiger partial charge is 0.330 e. The van der Waals surface area contributed by atoms with Gasteiger partial charge in [-0.3, -0.25) is 0 Å². The van der Waals surface area contributed by atoms with Crippen molar-refractivity contribution in [2.75, 3.05) is 0 Å². The van der Waals surface area contributed by atoms with Crippen LogP contribution in [0.4, 0.5) is 0 Å². The molecule has 104 valence electrons. The van der Waals surface area contributed by atoms with Crippen LogP contribution in [0, 0.1) is 5.92 Å². The minimum atomic E-state index is -0.263. The molecule has 0 aliphatic heterocycles. The molecule has 0 N–H and O–H groups in total. The van der Waals surface area contributed by atoms with Crippen LogP contribution < -0.4 is 0 Å². The van der Waals surface area contributed by atoms with E-state index in [-0.39, 0.29) is 11.6 Å². The van der Waals surface area contributed by atoms with E-state index in [1.54, 1.807) is 0 Å². The Labute approximate surface area is 112 Å². The number of carbonyl (C=O) groups excluding carboxylic acids is 1. The Morgan fingerprint density at radius 3 is 1.89 bits per heavy atom. The molecule has 1 saturated carbocycles. The van der Waals surface area contributed by atoms with Crippen molar-refractivity contribution in [2.24, 2.45) is 5.92 Å². The molecule has 1 rings (SSSR count). The minimum Gasteiger partial charge on any atom is -0.456 e. The lowest BCUT2D eigenvalue weighted by molar-refractivity contribution is -0.161. The highest BCUT2D eigenvalue weighted by Gasteiger charge is 2.36. The summed E-state index contributed by atoms with van der Waals surface area (Å²) in [6.45, 7) is 7.86. The molecule has 0 aromatic rings. The Bertz CT molecular complexity index is 258. The van der Waals surface area contributed by atoms with Gasteiger partial charge >= 0.3 is 5.97 Å². The normalized spacial score (nSPS) is 21.3. The number of hydrogen-bond acceptors (Lipinski definition) is 2. The molecule has 1 fully saturated rings. The number of esters is 1. The van der Waals surface area contributed by atoms with Gasteiger partial charge in [0.1, 0.15) is 5.60 Å². The fourth-order valence-corrected chi connectivity index (χ4v) is 2.90. The molecule has 0 spiro atoms. The lowest BCUT2D eigenvalue weighted by Crippen LogP contribution is -2.40. The van der Waals surface area contributed by atoms with E-state index in [0.29, 0.717) is 5.92 Å². The second kappa shape index (κ2) is 7.60. The van der Waals surface area contributed by atoms with E-state index in [4.69, 9.17) is 4.74 Å². The maximum atomic E-state index is 11.6. The zero-order valence-corrected chi connectivity index (χ0v) is 12.0. The van der Waals surface area contributed by atoms with Crippen LogP contribution in [0.25, 0.3) is 0 Å². The van der Waals surface area contributed by atoms with Gasteiger partial charge in [0.15, 0.2) is 0 Å². The van der Waals surface area contributed by atoms with E-state index in [9.17, 15) is 4.79 Å². The SMILES string of the molecule is C=CC(=O)OC1(C(C)C)CCCCCCCCC1. The lowest BCUT2D eigenvalue weighted by atomic mass is 9.79. The monoisotopic (exact) mass is 252 g/mol. The molecule has 0 amide bonds. The van der Waals surface area contributed by atoms with Crippen LogP contribution in [0.2, 0.25) is 0 Å². The van der Waals surface area contributed by atoms with Crippen LogP contribution >= 0.6 is 0 Å². The summed E-state index contributed by atoms with van der Waals surface area (Å²) in [5.74, 6) is 0.113. The average molecular weight is 252 g/mol. The number of carbonyl (C=O) groups is 1. The van der Waals surface area contributed by atoms with E-state index >= 15 is 0 Å². The van der Waals surface area contributed by atoms with Gasteiger partial charge in [0.25, 0.3) is 0 Å². The summed E-state index contributed by atoms with van der Waals surface area (Å²) >= 11 is 0. The third-order valence-electron chi connectivity index (χ3n) is 4.22. The molecule has 1 aliphatic carbocycles. The van der Waals surface area contributed by atoms with Crippen LogP contribution in [0.15, 0.2) is 12.7 Å². The highest BCUT2D eigenvalue weighted by Crippen LogP contribution is 2.35. The Kier molecular flexibility index (Phi) is 6.45. The van der Waals surface area contributed by atoms with Gasteiger partial charge in [-0.1, -0.05) is 52.5 Å². The highest BCUT2D eigenvalue weighted by molar-refractivity contribution is 5.81. The summed E-state index contributed by atoms with van der Waals surface area (Å²) in [5.41, 5.74) is -0.261. The van der Waals surface area contributed by atoms with Gasteiger partial charge in [-0.25, -0.2) is 4.79 Å². The Morgan fingerprint density at radius 1 is 1.06 bits per heavy atom. The molecule has 0 heterocycles. The largest absolute Gasteiger partial charge is 0.456 e. The third kappa shape index (κ3) is 4.47. The van der Waals surface area contributed by atoms with Crippen molar-refractivity contribution in [3.63, 3.8) is 0 Å². The molecule has 2 nitrogen and oxygen atoms in total. The van der Waals surface area contributed by atoms with E-state index in [0.717, 1.165) is 12.8 Å². The fraction of sp³-hybridized carbons (Fsp3) is 0.812. The molecule has 0 aromatic carbocycles. The molecule has 0 bridgehead atoms. The first-order valence-electron chi connectivity index (χ1n) is 7.46. The zero-order valence-electron chi connectivity index (χ0n) is 12.0. The van der Waals surface area contributed by atoms with E-state index in [1.807, 2.05) is 0 Å². The summed E-state index contributed by atoms with van der Waals surface area (Å²) in [6, 6.07) is 0. The van der Waals surface area contributed by atoms with E-state index in [1.165, 1.54) is 51.0 Å². The highest BCUT2D eigenvalue weighted by atomic mass is 16.6. The quantitative estimate of drug-likeness (QED) is 0.540. The second-order valence-corrected chi connectivity index (χ2v) is 5.82. The van der Waals surface area contributed by atoms with Gasteiger partial charge in [0.05, 0.1) is 0 Å². The predicted molar refractivity (Wildman–Crippen MR) is 75.4 cm³/mol. The summed E-state index contributed by atoms with van der Waals surface area (Å²) in [5, 5.41) is 0. The summed E-state index contributed by atoms with van der Waals surface area (Å²) < 4.78 is 5.76. The predicted octanol–water partition coefficient (Wildman–Crippen LogP) is 4.63. The van der Waals surface area contributed by atoms with Crippen LogP contribution in [0.5, 0.6) is 0 Å². The van der Waals surface area contributed by atoms with Crippen molar-refractivity contribution in [3.05, 3.63) is 12.7 Å². The first-order chi connectivity index (χ1) is 8.60. The number of ether oxygens (including phenoxy) is 1. The molecule has 0 atom stereocenters. The van der Waals surface area contributed by atoms with Crippen LogP contribution in [-0.4, -0.2) is 11.6 Å². The maximum absolute atomic E-state index is 11.6. The van der Waals surface area contributed by atoms with Crippen molar-refractivity contribution in [1.82, 2.24) is 0 Å². The van der Waals surface area contributed by atoms with E-state index in [2.05, 4.69) is 20.4 Å². The van der Waals surface area contributed by atoms with Crippen molar-refractivity contribution in [3.8, 4) is 0 Å². The first-order valence-corrected chi connectivity index (χ1v) is 7.46. The van der Waals surface area contributed by atoms with E-state index < -0.39 is 0 Å². The third-order valence-corrected chi connectivity index (χ3v) is 4.22. The Hall–Kier alpha value is -0.790. The molecule has 0 aromatic heterocycles. The molecule has 0 radical (unpaired) electrons.